The molecular formula is C14H22ClNO4S. The molecule has 120 valence electrons. The summed E-state index contributed by atoms with van der Waals surface area (Å²) in [5.41, 5.74) is -0.400. The number of hydrogen-bond acceptors (Lipinski definition) is 4. The van der Waals surface area contributed by atoms with E-state index in [1.54, 1.807) is 12.1 Å². The number of benzene rings is 1. The largest absolute Gasteiger partial charge is 0.395 e. The highest BCUT2D eigenvalue weighted by Gasteiger charge is 2.28. The van der Waals surface area contributed by atoms with Crippen LogP contribution in [0.1, 0.15) is 27.2 Å². The van der Waals surface area contributed by atoms with Gasteiger partial charge in [-0.3, -0.25) is 0 Å². The lowest BCUT2D eigenvalue weighted by Crippen LogP contribution is -2.42. The third-order valence-electron chi connectivity index (χ3n) is 3.18. The summed E-state index contributed by atoms with van der Waals surface area (Å²) in [4.78, 5) is -0.0460. The summed E-state index contributed by atoms with van der Waals surface area (Å²) in [6, 6.07) is 5.29. The van der Waals surface area contributed by atoms with Gasteiger partial charge >= 0.3 is 0 Å². The van der Waals surface area contributed by atoms with Crippen molar-refractivity contribution in [3.8, 4) is 0 Å². The summed E-state index contributed by atoms with van der Waals surface area (Å²) in [7, 11) is -3.85. The Kier molecular flexibility index (Phi) is 6.19. The van der Waals surface area contributed by atoms with Gasteiger partial charge in [-0.2, -0.15) is 0 Å². The van der Waals surface area contributed by atoms with Gasteiger partial charge in [-0.05, 0) is 24.0 Å². The Morgan fingerprint density at radius 1 is 1.29 bits per heavy atom. The van der Waals surface area contributed by atoms with E-state index in [1.165, 1.54) is 12.1 Å². The normalized spacial score (nSPS) is 15.7. The van der Waals surface area contributed by atoms with Crippen LogP contribution in [0, 0.1) is 5.41 Å². The molecule has 0 amide bonds. The number of aliphatic hydroxyl groups excluding tert-OH is 2. The van der Waals surface area contributed by atoms with E-state index in [9.17, 15) is 18.6 Å². The van der Waals surface area contributed by atoms with Crippen molar-refractivity contribution in [2.24, 2.45) is 5.41 Å². The zero-order valence-corrected chi connectivity index (χ0v) is 13.9. The molecule has 3 N–H and O–H groups in total. The van der Waals surface area contributed by atoms with Crippen LogP contribution in [0.4, 0.5) is 0 Å². The number of rotatable bonds is 6. The number of halogens is 1. The second kappa shape index (κ2) is 7.07. The van der Waals surface area contributed by atoms with E-state index < -0.39 is 34.2 Å². The van der Waals surface area contributed by atoms with Gasteiger partial charge in [0.1, 0.15) is 4.90 Å². The molecule has 1 aromatic carbocycles. The first-order valence-electron chi connectivity index (χ1n) is 6.63. The lowest BCUT2D eigenvalue weighted by atomic mass is 9.86. The van der Waals surface area contributed by atoms with E-state index in [2.05, 4.69) is 4.72 Å². The highest BCUT2D eigenvalue weighted by atomic mass is 35.5. The number of sulfonamides is 1. The fourth-order valence-electron chi connectivity index (χ4n) is 1.73. The molecule has 1 aromatic rings. The highest BCUT2D eigenvalue weighted by Crippen LogP contribution is 2.24. The molecule has 0 heterocycles. The van der Waals surface area contributed by atoms with Crippen LogP contribution >= 0.6 is 11.6 Å². The predicted octanol–water partition coefficient (Wildman–Crippen LogP) is 1.78. The third kappa shape index (κ3) is 5.23. The summed E-state index contributed by atoms with van der Waals surface area (Å²) in [6.45, 7) is 5.12. The van der Waals surface area contributed by atoms with E-state index in [1.807, 2.05) is 20.8 Å². The lowest BCUT2D eigenvalue weighted by molar-refractivity contribution is 0.0420. The number of aliphatic hydroxyl groups is 2. The molecule has 2 atom stereocenters. The summed E-state index contributed by atoms with van der Waals surface area (Å²) < 4.78 is 26.9. The molecule has 0 bridgehead atoms. The Bertz CT molecular complexity index is 569. The van der Waals surface area contributed by atoms with Crippen LogP contribution in [-0.4, -0.2) is 37.4 Å². The molecule has 0 aliphatic rings. The minimum Gasteiger partial charge on any atom is -0.395 e. The van der Waals surface area contributed by atoms with E-state index in [0.717, 1.165) is 0 Å². The summed E-state index contributed by atoms with van der Waals surface area (Å²) in [5.74, 6) is 0. The van der Waals surface area contributed by atoms with E-state index in [-0.39, 0.29) is 16.3 Å². The molecule has 0 saturated heterocycles. The second-order valence-corrected chi connectivity index (χ2v) is 8.14. The van der Waals surface area contributed by atoms with E-state index in [4.69, 9.17) is 11.6 Å². The van der Waals surface area contributed by atoms with Gasteiger partial charge in [-0.25, -0.2) is 13.1 Å². The van der Waals surface area contributed by atoms with Gasteiger partial charge in [0.2, 0.25) is 10.0 Å². The molecule has 0 unspecified atom stereocenters. The average Bonchev–Trinajstić information content (AvgIpc) is 2.36. The molecule has 0 saturated carbocycles. The van der Waals surface area contributed by atoms with Crippen molar-refractivity contribution in [3.63, 3.8) is 0 Å². The van der Waals surface area contributed by atoms with Crippen molar-refractivity contribution < 1.29 is 18.6 Å². The topological polar surface area (TPSA) is 86.6 Å². The number of hydrogen-bond donors (Lipinski definition) is 3. The van der Waals surface area contributed by atoms with Gasteiger partial charge in [-0.1, -0.05) is 44.5 Å². The van der Waals surface area contributed by atoms with Crippen LogP contribution in [-0.2, 0) is 10.0 Å². The zero-order chi connectivity index (χ0) is 16.3. The van der Waals surface area contributed by atoms with Crippen molar-refractivity contribution >= 4 is 21.6 Å². The average molecular weight is 336 g/mol. The first-order chi connectivity index (χ1) is 9.58. The highest BCUT2D eigenvalue weighted by molar-refractivity contribution is 7.89. The first kappa shape index (κ1) is 18.4. The van der Waals surface area contributed by atoms with Crippen molar-refractivity contribution in [3.05, 3.63) is 29.3 Å². The van der Waals surface area contributed by atoms with Crippen LogP contribution in [0.15, 0.2) is 29.2 Å². The molecule has 5 nitrogen and oxygen atoms in total. The maximum Gasteiger partial charge on any atom is 0.242 e. The summed E-state index contributed by atoms with van der Waals surface area (Å²) in [6.07, 6.45) is -0.632. The van der Waals surface area contributed by atoms with Gasteiger partial charge in [0.15, 0.2) is 0 Å². The maximum absolute atomic E-state index is 12.3. The Balaban J connectivity index is 2.89. The smallest absolute Gasteiger partial charge is 0.242 e. The van der Waals surface area contributed by atoms with Crippen LogP contribution in [0.2, 0.25) is 5.02 Å². The Hall–Kier alpha value is -0.660. The van der Waals surface area contributed by atoms with Crippen LogP contribution in [0.25, 0.3) is 0 Å². The zero-order valence-electron chi connectivity index (χ0n) is 12.4. The minimum atomic E-state index is -3.85. The minimum absolute atomic E-state index is 0.0460. The maximum atomic E-state index is 12.3. The van der Waals surface area contributed by atoms with Gasteiger partial charge in [0.05, 0.1) is 17.7 Å². The molecular weight excluding hydrogens is 314 g/mol. The summed E-state index contributed by atoms with van der Waals surface area (Å²) >= 11 is 5.88. The van der Waals surface area contributed by atoms with Crippen molar-refractivity contribution in [1.29, 1.82) is 0 Å². The molecule has 0 aromatic heterocycles. The molecule has 0 spiro atoms. The summed E-state index contributed by atoms with van der Waals surface area (Å²) in [5, 5.41) is 19.5. The van der Waals surface area contributed by atoms with Gasteiger partial charge in [0, 0.05) is 6.04 Å². The van der Waals surface area contributed by atoms with Gasteiger partial charge < -0.3 is 10.2 Å². The standard InChI is InChI=1S/C14H22ClNO4S/c1-14(2,3)13(18)8-10(9-17)16-21(19,20)12-7-5-4-6-11(12)15/h4-7,10,13,16-18H,8-9H2,1-3H3/t10-,13-/m0/s1. The van der Waals surface area contributed by atoms with Crippen molar-refractivity contribution in [2.75, 3.05) is 6.61 Å². The third-order valence-corrected chi connectivity index (χ3v) is 5.20. The molecule has 0 radical (unpaired) electrons. The van der Waals surface area contributed by atoms with Crippen LogP contribution in [0.5, 0.6) is 0 Å². The molecule has 7 heteroatoms. The fraction of sp³-hybridized carbons (Fsp3) is 0.571. The van der Waals surface area contributed by atoms with E-state index in [0.29, 0.717) is 0 Å². The quantitative estimate of drug-likeness (QED) is 0.739. The first-order valence-corrected chi connectivity index (χ1v) is 8.50. The Morgan fingerprint density at radius 2 is 1.86 bits per heavy atom. The monoisotopic (exact) mass is 335 g/mol. The molecule has 1 rings (SSSR count). The molecule has 0 fully saturated rings. The molecule has 0 aliphatic carbocycles. The van der Waals surface area contributed by atoms with Crippen LogP contribution in [0.3, 0.4) is 0 Å². The lowest BCUT2D eigenvalue weighted by Gasteiger charge is -2.29. The SMILES string of the molecule is CC(C)(C)[C@@H](O)C[C@@H](CO)NS(=O)(=O)c1ccccc1Cl. The Labute approximate surface area is 131 Å². The van der Waals surface area contributed by atoms with Crippen molar-refractivity contribution in [2.45, 2.75) is 44.2 Å². The van der Waals surface area contributed by atoms with Gasteiger partial charge in [-0.15, -0.1) is 0 Å². The Morgan fingerprint density at radius 3 is 2.33 bits per heavy atom. The van der Waals surface area contributed by atoms with Crippen LogP contribution < -0.4 is 4.72 Å². The van der Waals surface area contributed by atoms with Crippen molar-refractivity contribution in [1.82, 2.24) is 4.72 Å². The second-order valence-electron chi connectivity index (χ2n) is 6.05. The van der Waals surface area contributed by atoms with E-state index >= 15 is 0 Å². The fourth-order valence-corrected chi connectivity index (χ4v) is 3.49. The molecule has 0 aliphatic heterocycles. The predicted molar refractivity (Wildman–Crippen MR) is 82.7 cm³/mol. The number of nitrogens with one attached hydrogen (secondary N) is 1. The molecule has 21 heavy (non-hydrogen) atoms. The van der Waals surface area contributed by atoms with Gasteiger partial charge in [0.25, 0.3) is 0 Å².